The fraction of sp³-hybridized carbons (Fsp3) is 0.621. The summed E-state index contributed by atoms with van der Waals surface area (Å²) in [6.07, 6.45) is -4.00. The summed E-state index contributed by atoms with van der Waals surface area (Å²) < 4.78 is 44.2. The molecular formula is C29H34F3N3O8. The van der Waals surface area contributed by atoms with Crippen molar-refractivity contribution in [2.45, 2.75) is 62.5 Å². The molecule has 0 radical (unpaired) electrons. The minimum absolute atomic E-state index is 0.138. The first-order chi connectivity index (χ1) is 20.0. The topological polar surface area (TPSA) is 179 Å². The number of carbonyl (C=O) groups is 5. The molecule has 5 rings (SSSR count). The highest BCUT2D eigenvalue weighted by Crippen LogP contribution is 2.53. The van der Waals surface area contributed by atoms with Gasteiger partial charge in [0.25, 0.3) is 0 Å². The van der Waals surface area contributed by atoms with E-state index in [1.54, 1.807) is 4.90 Å². The third-order valence-corrected chi connectivity index (χ3v) is 9.76. The lowest BCUT2D eigenvalue weighted by molar-refractivity contribution is -0.181. The first-order valence-electron chi connectivity index (χ1n) is 14.2. The molecule has 4 aliphatic rings. The van der Waals surface area contributed by atoms with Crippen LogP contribution in [0.5, 0.6) is 5.75 Å². The lowest BCUT2D eigenvalue weighted by atomic mass is 9.52. The van der Waals surface area contributed by atoms with Crippen LogP contribution in [0.3, 0.4) is 0 Å². The fourth-order valence-electron chi connectivity index (χ4n) is 8.02. The highest BCUT2D eigenvalue weighted by molar-refractivity contribution is 6.32. The molecule has 1 aromatic rings. The van der Waals surface area contributed by atoms with Crippen LogP contribution in [0.25, 0.3) is 0 Å². The van der Waals surface area contributed by atoms with Gasteiger partial charge in [-0.2, -0.15) is 13.2 Å². The molecule has 234 valence electrons. The molecule has 11 nitrogen and oxygen atoms in total. The Morgan fingerprint density at radius 1 is 1.19 bits per heavy atom. The van der Waals surface area contributed by atoms with E-state index in [2.05, 4.69) is 0 Å². The number of aliphatic hydroxyl groups excluding tert-OH is 1. The number of benzene rings is 1. The van der Waals surface area contributed by atoms with E-state index in [0.29, 0.717) is 19.4 Å². The molecule has 43 heavy (non-hydrogen) atoms. The Labute approximate surface area is 244 Å². The average molecular weight is 610 g/mol. The Morgan fingerprint density at radius 3 is 2.44 bits per heavy atom. The summed E-state index contributed by atoms with van der Waals surface area (Å²) in [6, 6.07) is -0.645. The molecule has 7 atom stereocenters. The SMILES string of the molecule is CN(C)[C@@H]1C(=O)C(C(N)=O)C(=O)[C@@]2(O)C(=O)C3C(=O)c4c(O)cc(CN5CCC[C@@H]5CCO)c(C(F)(F)F)c4C[C@H]3C[C@@H]12. The summed E-state index contributed by atoms with van der Waals surface area (Å²) in [5, 5.41) is 31.9. The number of alkyl halides is 3. The molecule has 1 heterocycles. The highest BCUT2D eigenvalue weighted by Gasteiger charge is 2.69. The van der Waals surface area contributed by atoms with E-state index in [1.165, 1.54) is 19.0 Å². The number of halogens is 3. The predicted molar refractivity (Wildman–Crippen MR) is 141 cm³/mol. The molecule has 2 unspecified atom stereocenters. The number of fused-ring (bicyclic) bond motifs is 3. The van der Waals surface area contributed by atoms with Crippen molar-refractivity contribution in [3.63, 3.8) is 0 Å². The number of primary amides is 1. The molecule has 1 aromatic carbocycles. The van der Waals surface area contributed by atoms with Crippen LogP contribution in [0.15, 0.2) is 6.07 Å². The number of aliphatic hydroxyl groups is 2. The standard InChI is InChI=1S/C29H34F3N3O8/c1-34(2)22-16-9-12-8-15-19(23(38)18(12)25(40)28(16,43)26(41)20(24(22)39)27(33)42)17(37)10-13(21(15)29(30,31)32)11-35-6-3-4-14(35)5-7-36/h10,12,14,16,18,20,22,36-37,43H,3-9,11H2,1-2H3,(H2,33,42)/t12-,14+,16-,18?,20?,22-,28-/m0/s1. The number of phenols is 1. The maximum absolute atomic E-state index is 14.7. The second-order valence-electron chi connectivity index (χ2n) is 12.3. The molecule has 0 bridgehead atoms. The number of phenolic OH excluding ortho intramolecular Hbond substituents is 1. The number of hydrogen-bond acceptors (Lipinski definition) is 10. The van der Waals surface area contributed by atoms with E-state index in [0.717, 1.165) is 12.5 Å². The van der Waals surface area contributed by atoms with Gasteiger partial charge in [-0.25, -0.2) is 0 Å². The Balaban J connectivity index is 1.62. The van der Waals surface area contributed by atoms with Crippen LogP contribution >= 0.6 is 0 Å². The Bertz CT molecular complexity index is 1410. The number of amides is 1. The number of likely N-dealkylation sites (tertiary alicyclic amines) is 1. The largest absolute Gasteiger partial charge is 0.507 e. The second kappa shape index (κ2) is 10.8. The number of nitrogens with zero attached hydrogens (tertiary/aromatic N) is 2. The lowest BCUT2D eigenvalue weighted by Crippen LogP contribution is -2.74. The van der Waals surface area contributed by atoms with Gasteiger partial charge in [-0.05, 0) is 75.9 Å². The van der Waals surface area contributed by atoms with Crippen molar-refractivity contribution in [1.29, 1.82) is 0 Å². The van der Waals surface area contributed by atoms with E-state index in [9.17, 15) is 52.5 Å². The van der Waals surface area contributed by atoms with Gasteiger partial charge < -0.3 is 21.1 Å². The predicted octanol–water partition coefficient (Wildman–Crippen LogP) is 0.233. The molecule has 14 heteroatoms. The van der Waals surface area contributed by atoms with Crippen LogP contribution in [-0.2, 0) is 38.3 Å². The number of carbonyl (C=O) groups excluding carboxylic acids is 5. The summed E-state index contributed by atoms with van der Waals surface area (Å²) in [5.74, 6) is -13.5. The van der Waals surface area contributed by atoms with Crippen LogP contribution in [0.2, 0.25) is 0 Å². The maximum Gasteiger partial charge on any atom is 0.417 e. The molecule has 0 aromatic heterocycles. The summed E-state index contributed by atoms with van der Waals surface area (Å²) in [5.41, 5.74) is -0.193. The number of Topliss-reactive ketones (excluding diaryl/α,β-unsaturated/α-hetero) is 4. The number of aromatic hydroxyl groups is 1. The zero-order valence-electron chi connectivity index (χ0n) is 23.7. The third kappa shape index (κ3) is 4.69. The van der Waals surface area contributed by atoms with Crippen molar-refractivity contribution in [2.24, 2.45) is 29.4 Å². The van der Waals surface area contributed by atoms with E-state index < -0.39 is 99.4 Å². The van der Waals surface area contributed by atoms with Crippen molar-refractivity contribution in [3.05, 3.63) is 28.3 Å². The Hall–Kier alpha value is -3.20. The van der Waals surface area contributed by atoms with Gasteiger partial charge in [-0.15, -0.1) is 0 Å². The normalized spacial score (nSPS) is 33.0. The van der Waals surface area contributed by atoms with Gasteiger partial charge in [-0.1, -0.05) is 0 Å². The minimum atomic E-state index is -4.94. The van der Waals surface area contributed by atoms with Gasteiger partial charge in [0, 0.05) is 25.1 Å². The summed E-state index contributed by atoms with van der Waals surface area (Å²) >= 11 is 0. The summed E-state index contributed by atoms with van der Waals surface area (Å²) in [4.78, 5) is 69.4. The quantitative estimate of drug-likeness (QED) is 0.327. The second-order valence-corrected chi connectivity index (χ2v) is 12.3. The molecule has 3 aliphatic carbocycles. The van der Waals surface area contributed by atoms with Gasteiger partial charge >= 0.3 is 6.18 Å². The van der Waals surface area contributed by atoms with Crippen LogP contribution < -0.4 is 5.73 Å². The first-order valence-corrected chi connectivity index (χ1v) is 14.2. The minimum Gasteiger partial charge on any atom is -0.507 e. The van der Waals surface area contributed by atoms with Crippen molar-refractivity contribution < 1.29 is 52.5 Å². The molecule has 1 amide bonds. The summed E-state index contributed by atoms with van der Waals surface area (Å²) in [6.45, 7) is 0.156. The molecule has 2 saturated carbocycles. The lowest BCUT2D eigenvalue weighted by Gasteiger charge is -2.52. The van der Waals surface area contributed by atoms with E-state index in [4.69, 9.17) is 5.73 Å². The van der Waals surface area contributed by atoms with Gasteiger partial charge in [0.05, 0.1) is 23.1 Å². The average Bonchev–Trinajstić information content (AvgIpc) is 3.31. The molecule has 1 saturated heterocycles. The maximum atomic E-state index is 14.7. The number of likely N-dealkylation sites (N-methyl/N-ethyl adjacent to an activating group) is 1. The molecule has 5 N–H and O–H groups in total. The van der Waals surface area contributed by atoms with E-state index in [-0.39, 0.29) is 31.2 Å². The van der Waals surface area contributed by atoms with Crippen LogP contribution in [0, 0.1) is 23.7 Å². The highest BCUT2D eigenvalue weighted by atomic mass is 19.4. The number of rotatable bonds is 6. The zero-order chi connectivity index (χ0) is 31.8. The van der Waals surface area contributed by atoms with Crippen molar-refractivity contribution in [2.75, 3.05) is 27.2 Å². The van der Waals surface area contributed by atoms with Crippen molar-refractivity contribution in [1.82, 2.24) is 9.80 Å². The molecular weight excluding hydrogens is 575 g/mol. The number of hydrogen-bond donors (Lipinski definition) is 4. The Kier molecular flexibility index (Phi) is 7.81. The Morgan fingerprint density at radius 2 is 1.86 bits per heavy atom. The van der Waals surface area contributed by atoms with Crippen molar-refractivity contribution in [3.8, 4) is 5.75 Å². The van der Waals surface area contributed by atoms with Crippen LogP contribution in [0.1, 0.15) is 52.7 Å². The monoisotopic (exact) mass is 609 g/mol. The number of nitrogens with two attached hydrogens (primary N) is 1. The zero-order valence-corrected chi connectivity index (χ0v) is 23.7. The molecule has 3 fully saturated rings. The third-order valence-electron chi connectivity index (χ3n) is 9.76. The van der Waals surface area contributed by atoms with Gasteiger partial charge in [0.2, 0.25) is 5.91 Å². The van der Waals surface area contributed by atoms with Gasteiger partial charge in [-0.3, -0.25) is 33.8 Å². The van der Waals surface area contributed by atoms with Gasteiger partial charge in [0.15, 0.2) is 34.7 Å². The fourth-order valence-corrected chi connectivity index (χ4v) is 8.02. The van der Waals surface area contributed by atoms with Gasteiger partial charge in [0.1, 0.15) is 5.75 Å². The van der Waals surface area contributed by atoms with Crippen molar-refractivity contribution >= 4 is 29.0 Å². The van der Waals surface area contributed by atoms with Crippen LogP contribution in [-0.4, -0.2) is 99.1 Å². The van der Waals surface area contributed by atoms with E-state index in [1.807, 2.05) is 0 Å². The smallest absolute Gasteiger partial charge is 0.417 e. The number of ketones is 4. The molecule has 1 aliphatic heterocycles. The van der Waals surface area contributed by atoms with E-state index >= 15 is 0 Å². The first kappa shape index (κ1) is 31.2. The summed E-state index contributed by atoms with van der Waals surface area (Å²) in [7, 11) is 2.84. The molecule has 0 spiro atoms. The van der Waals surface area contributed by atoms with Crippen LogP contribution in [0.4, 0.5) is 13.2 Å².